The molecule has 2 rings (SSSR count). The van der Waals surface area contributed by atoms with Gasteiger partial charge in [0, 0.05) is 25.9 Å². The van der Waals surface area contributed by atoms with Crippen molar-refractivity contribution in [3.8, 4) is 5.75 Å². The highest BCUT2D eigenvalue weighted by atomic mass is 35.5. The summed E-state index contributed by atoms with van der Waals surface area (Å²) in [6.07, 6.45) is 1.91. The zero-order valence-electron chi connectivity index (χ0n) is 17.2. The van der Waals surface area contributed by atoms with Gasteiger partial charge in [0.15, 0.2) is 6.61 Å². The van der Waals surface area contributed by atoms with Crippen molar-refractivity contribution < 1.29 is 28.2 Å². The van der Waals surface area contributed by atoms with E-state index in [9.17, 15) is 18.8 Å². The lowest BCUT2D eigenvalue weighted by molar-refractivity contribution is -0.139. The van der Waals surface area contributed by atoms with Gasteiger partial charge in [-0.1, -0.05) is 23.7 Å². The van der Waals surface area contributed by atoms with Crippen molar-refractivity contribution in [3.05, 3.63) is 58.9 Å². The fourth-order valence-electron chi connectivity index (χ4n) is 2.32. The summed E-state index contributed by atoms with van der Waals surface area (Å²) in [4.78, 5) is 35.3. The molecule has 170 valence electrons. The Bertz CT molecular complexity index is 986. The molecule has 0 aromatic heterocycles. The van der Waals surface area contributed by atoms with Gasteiger partial charge in [-0.3, -0.25) is 14.4 Å². The first-order chi connectivity index (χ1) is 15.4. The van der Waals surface area contributed by atoms with E-state index in [2.05, 4.69) is 21.2 Å². The zero-order valence-corrected chi connectivity index (χ0v) is 17.9. The normalized spacial score (nSPS) is 10.6. The van der Waals surface area contributed by atoms with Crippen LogP contribution < -0.4 is 20.8 Å². The molecule has 3 amide bonds. The van der Waals surface area contributed by atoms with Crippen LogP contribution in [0.15, 0.2) is 47.6 Å². The molecule has 0 aliphatic heterocycles. The van der Waals surface area contributed by atoms with Crippen molar-refractivity contribution in [1.29, 1.82) is 0 Å². The van der Waals surface area contributed by atoms with Crippen molar-refractivity contribution >= 4 is 41.2 Å². The average Bonchev–Trinajstić information content (AvgIpc) is 2.78. The summed E-state index contributed by atoms with van der Waals surface area (Å²) in [7, 11) is 1.54. The first-order valence-corrected chi connectivity index (χ1v) is 9.85. The number of benzene rings is 2. The van der Waals surface area contributed by atoms with Crippen molar-refractivity contribution in [2.45, 2.75) is 6.42 Å². The molecule has 11 heteroatoms. The molecule has 0 atom stereocenters. The molecular formula is C21H22ClFN4O5. The summed E-state index contributed by atoms with van der Waals surface area (Å²) in [6, 6.07) is 10.4. The molecule has 0 heterocycles. The summed E-state index contributed by atoms with van der Waals surface area (Å²) in [6.45, 7) is 0.487. The number of halogens is 2. The standard InChI is InChI=1S/C21H22ClFN4O5/c1-31-9-3-8-24-20(29)21(30)27-25-12-14-4-2-5-16(10-14)32-13-19(28)26-15-6-7-18(23)17(22)11-15/h2,4-7,10-12H,3,8-9,13H2,1H3,(H,24,29)(H,26,28)(H,27,30)/b25-12-. The topological polar surface area (TPSA) is 118 Å². The first-order valence-electron chi connectivity index (χ1n) is 9.47. The Hall–Kier alpha value is -3.50. The van der Waals surface area contributed by atoms with Crippen molar-refractivity contribution in [1.82, 2.24) is 10.7 Å². The van der Waals surface area contributed by atoms with Crippen LogP contribution in [0.2, 0.25) is 5.02 Å². The molecule has 0 fully saturated rings. The molecule has 3 N–H and O–H groups in total. The van der Waals surface area contributed by atoms with Crippen molar-refractivity contribution in [2.75, 3.05) is 32.2 Å². The van der Waals surface area contributed by atoms with Crippen LogP contribution in [0.1, 0.15) is 12.0 Å². The number of amides is 3. The highest BCUT2D eigenvalue weighted by Crippen LogP contribution is 2.19. The summed E-state index contributed by atoms with van der Waals surface area (Å²) in [5, 5.41) is 8.60. The Kier molecular flexibility index (Phi) is 10.1. The third kappa shape index (κ3) is 8.70. The van der Waals surface area contributed by atoms with Crippen LogP contribution in [-0.2, 0) is 19.1 Å². The van der Waals surface area contributed by atoms with Crippen LogP contribution in [0, 0.1) is 5.82 Å². The minimum atomic E-state index is -0.899. The van der Waals surface area contributed by atoms with E-state index >= 15 is 0 Å². The van der Waals surface area contributed by atoms with Gasteiger partial charge in [-0.2, -0.15) is 5.10 Å². The van der Waals surface area contributed by atoms with E-state index in [1.807, 2.05) is 0 Å². The molecule has 0 radical (unpaired) electrons. The fraction of sp³-hybridized carbons (Fsp3) is 0.238. The van der Waals surface area contributed by atoms with Crippen molar-refractivity contribution in [3.63, 3.8) is 0 Å². The summed E-state index contributed by atoms with van der Waals surface area (Å²) in [5.41, 5.74) is 3.02. The molecule has 0 saturated heterocycles. The maximum Gasteiger partial charge on any atom is 0.329 e. The van der Waals surface area contributed by atoms with Gasteiger partial charge in [-0.25, -0.2) is 9.82 Å². The molecule has 0 unspecified atom stereocenters. The van der Waals surface area contributed by atoms with Crippen LogP contribution in [0.25, 0.3) is 0 Å². The van der Waals surface area contributed by atoms with E-state index in [1.165, 1.54) is 18.3 Å². The summed E-state index contributed by atoms with van der Waals surface area (Å²) >= 11 is 5.68. The van der Waals surface area contributed by atoms with Gasteiger partial charge in [-0.15, -0.1) is 0 Å². The van der Waals surface area contributed by atoms with E-state index in [-0.39, 0.29) is 11.6 Å². The molecule has 2 aromatic rings. The van der Waals surface area contributed by atoms with E-state index in [4.69, 9.17) is 21.1 Å². The van der Waals surface area contributed by atoms with E-state index in [0.717, 1.165) is 6.07 Å². The Labute approximate surface area is 188 Å². The van der Waals surface area contributed by atoms with Gasteiger partial charge in [0.2, 0.25) is 0 Å². The quantitative estimate of drug-likeness (QED) is 0.215. The number of hydrogen-bond acceptors (Lipinski definition) is 6. The van der Waals surface area contributed by atoms with E-state index in [0.29, 0.717) is 36.6 Å². The molecule has 2 aromatic carbocycles. The van der Waals surface area contributed by atoms with Gasteiger partial charge in [0.05, 0.1) is 11.2 Å². The van der Waals surface area contributed by atoms with Gasteiger partial charge < -0.3 is 20.1 Å². The van der Waals surface area contributed by atoms with E-state index in [1.54, 1.807) is 31.4 Å². The Morgan fingerprint density at radius 1 is 1.16 bits per heavy atom. The largest absolute Gasteiger partial charge is 0.484 e. The molecular weight excluding hydrogens is 443 g/mol. The third-order valence-electron chi connectivity index (χ3n) is 3.83. The Morgan fingerprint density at radius 2 is 1.97 bits per heavy atom. The predicted octanol–water partition coefficient (Wildman–Crippen LogP) is 2.10. The number of carbonyl (C=O) groups excluding carboxylic acids is 3. The van der Waals surface area contributed by atoms with E-state index < -0.39 is 23.5 Å². The van der Waals surface area contributed by atoms with Crippen LogP contribution in [0.4, 0.5) is 10.1 Å². The summed E-state index contributed by atoms with van der Waals surface area (Å²) in [5.74, 6) is -2.37. The SMILES string of the molecule is COCCCNC(=O)C(=O)N/N=C\c1cccc(OCC(=O)Nc2ccc(F)c(Cl)c2)c1. The first kappa shape index (κ1) is 24.8. The predicted molar refractivity (Wildman–Crippen MR) is 117 cm³/mol. The second-order valence-electron chi connectivity index (χ2n) is 6.34. The number of anilines is 1. The van der Waals surface area contributed by atoms with Gasteiger partial charge in [0.1, 0.15) is 11.6 Å². The number of ether oxygens (including phenoxy) is 2. The van der Waals surface area contributed by atoms with Crippen molar-refractivity contribution in [2.24, 2.45) is 5.10 Å². The molecule has 9 nitrogen and oxygen atoms in total. The zero-order chi connectivity index (χ0) is 23.3. The lowest BCUT2D eigenvalue weighted by atomic mass is 10.2. The van der Waals surface area contributed by atoms with Gasteiger partial charge in [0.25, 0.3) is 5.91 Å². The number of nitrogens with zero attached hydrogens (tertiary/aromatic N) is 1. The van der Waals surface area contributed by atoms with Crippen LogP contribution in [0.5, 0.6) is 5.75 Å². The van der Waals surface area contributed by atoms with Crippen LogP contribution in [0.3, 0.4) is 0 Å². The number of hydrazone groups is 1. The second kappa shape index (κ2) is 13.0. The molecule has 0 spiro atoms. The number of methoxy groups -OCH3 is 1. The lowest BCUT2D eigenvalue weighted by Gasteiger charge is -2.08. The number of carbonyl (C=O) groups is 3. The summed E-state index contributed by atoms with van der Waals surface area (Å²) < 4.78 is 23.4. The average molecular weight is 465 g/mol. The monoisotopic (exact) mass is 464 g/mol. The molecule has 0 aliphatic rings. The van der Waals surface area contributed by atoms with Gasteiger partial charge >= 0.3 is 11.8 Å². The van der Waals surface area contributed by atoms with Crippen LogP contribution >= 0.6 is 11.6 Å². The number of nitrogens with one attached hydrogen (secondary N) is 3. The highest BCUT2D eigenvalue weighted by molar-refractivity contribution is 6.35. The Morgan fingerprint density at radius 3 is 2.72 bits per heavy atom. The fourth-order valence-corrected chi connectivity index (χ4v) is 2.50. The molecule has 0 bridgehead atoms. The van der Waals surface area contributed by atoms with Gasteiger partial charge in [-0.05, 0) is 42.3 Å². The Balaban J connectivity index is 1.79. The third-order valence-corrected chi connectivity index (χ3v) is 4.12. The smallest absolute Gasteiger partial charge is 0.329 e. The molecule has 0 aliphatic carbocycles. The molecule has 32 heavy (non-hydrogen) atoms. The lowest BCUT2D eigenvalue weighted by Crippen LogP contribution is -2.38. The maximum absolute atomic E-state index is 13.2. The minimum Gasteiger partial charge on any atom is -0.484 e. The second-order valence-corrected chi connectivity index (χ2v) is 6.75. The highest BCUT2D eigenvalue weighted by Gasteiger charge is 2.11. The van der Waals surface area contributed by atoms with Crippen LogP contribution in [-0.4, -0.2) is 50.8 Å². The molecule has 0 saturated carbocycles. The maximum atomic E-state index is 13.2. The number of rotatable bonds is 10. The number of hydrogen-bond donors (Lipinski definition) is 3. The minimum absolute atomic E-state index is 0.105.